The summed E-state index contributed by atoms with van der Waals surface area (Å²) in [5.74, 6) is 1.71. The normalized spacial score (nSPS) is 15.2. The molecule has 3 rings (SSSR count). The lowest BCUT2D eigenvalue weighted by atomic mass is 10.1. The molecule has 2 heterocycles. The van der Waals surface area contributed by atoms with Crippen molar-refractivity contribution in [3.05, 3.63) is 47.5 Å². The molecule has 0 aliphatic carbocycles. The van der Waals surface area contributed by atoms with Gasteiger partial charge in [-0.15, -0.1) is 10.2 Å². The predicted molar refractivity (Wildman–Crippen MR) is 77.5 cm³/mol. The molecule has 0 unspecified atom stereocenters. The minimum Gasteiger partial charge on any atom is -0.310 e. The summed E-state index contributed by atoms with van der Waals surface area (Å²) >= 11 is 0. The molecule has 4 nitrogen and oxygen atoms in total. The number of rotatable bonds is 2. The van der Waals surface area contributed by atoms with E-state index in [-0.39, 0.29) is 0 Å². The van der Waals surface area contributed by atoms with E-state index in [1.54, 1.807) is 0 Å². The van der Waals surface area contributed by atoms with Gasteiger partial charge in [0.05, 0.1) is 5.57 Å². The molecule has 1 aromatic carbocycles. The monoisotopic (exact) mass is 264 g/mol. The van der Waals surface area contributed by atoms with Crippen LogP contribution < -0.4 is 0 Å². The van der Waals surface area contributed by atoms with Crippen LogP contribution in [0.2, 0.25) is 0 Å². The van der Waals surface area contributed by atoms with Gasteiger partial charge in [-0.3, -0.25) is 0 Å². The molecular weight excluding hydrogens is 248 g/mol. The van der Waals surface area contributed by atoms with Crippen molar-refractivity contribution in [3.63, 3.8) is 0 Å². The van der Waals surface area contributed by atoms with Crippen LogP contribution in [0, 0.1) is 11.3 Å². The van der Waals surface area contributed by atoms with Crippen LogP contribution in [0.4, 0.5) is 0 Å². The van der Waals surface area contributed by atoms with Gasteiger partial charge in [0.25, 0.3) is 0 Å². The van der Waals surface area contributed by atoms with Gasteiger partial charge < -0.3 is 4.57 Å². The summed E-state index contributed by atoms with van der Waals surface area (Å²) in [6.07, 6.45) is 6.33. The van der Waals surface area contributed by atoms with Gasteiger partial charge in [-0.1, -0.05) is 36.8 Å². The number of allylic oxidation sites excluding steroid dienone is 1. The van der Waals surface area contributed by atoms with E-state index >= 15 is 0 Å². The minimum atomic E-state index is 0.580. The SMILES string of the molecule is N#CC(=Cc1ccccc1)c1nnc2n1CCCCC2. The maximum Gasteiger partial charge on any atom is 0.174 e. The van der Waals surface area contributed by atoms with Gasteiger partial charge in [-0.2, -0.15) is 5.26 Å². The van der Waals surface area contributed by atoms with E-state index in [2.05, 4.69) is 20.8 Å². The Labute approximate surface area is 118 Å². The third-order valence-electron chi connectivity index (χ3n) is 3.58. The standard InChI is InChI=1S/C16H16N4/c17-12-14(11-13-7-3-1-4-8-13)16-19-18-15-9-5-2-6-10-20(15)16/h1,3-4,7-8,11H,2,5-6,9-10H2. The molecule has 0 atom stereocenters. The predicted octanol–water partition coefficient (Wildman–Crippen LogP) is 3.07. The van der Waals surface area contributed by atoms with E-state index < -0.39 is 0 Å². The molecule has 20 heavy (non-hydrogen) atoms. The van der Waals surface area contributed by atoms with Gasteiger partial charge in [0, 0.05) is 13.0 Å². The maximum absolute atomic E-state index is 9.43. The first kappa shape index (κ1) is 12.6. The molecule has 2 aromatic rings. The van der Waals surface area contributed by atoms with Gasteiger partial charge in [0.15, 0.2) is 5.82 Å². The summed E-state index contributed by atoms with van der Waals surface area (Å²) in [5.41, 5.74) is 1.59. The van der Waals surface area contributed by atoms with Crippen LogP contribution >= 0.6 is 0 Å². The lowest BCUT2D eigenvalue weighted by Crippen LogP contribution is -2.05. The lowest BCUT2D eigenvalue weighted by molar-refractivity contribution is 0.627. The second kappa shape index (κ2) is 5.70. The van der Waals surface area contributed by atoms with Crippen molar-refractivity contribution in [2.45, 2.75) is 32.2 Å². The van der Waals surface area contributed by atoms with Gasteiger partial charge in [-0.25, -0.2) is 0 Å². The fourth-order valence-electron chi connectivity index (χ4n) is 2.55. The Bertz CT molecular complexity index is 662. The van der Waals surface area contributed by atoms with Gasteiger partial charge in [0.2, 0.25) is 0 Å². The second-order valence-corrected chi connectivity index (χ2v) is 4.98. The zero-order valence-corrected chi connectivity index (χ0v) is 11.3. The van der Waals surface area contributed by atoms with Crippen LogP contribution in [-0.4, -0.2) is 14.8 Å². The quantitative estimate of drug-likeness (QED) is 0.783. The number of aromatic nitrogens is 3. The highest BCUT2D eigenvalue weighted by molar-refractivity contribution is 5.87. The Morgan fingerprint density at radius 3 is 2.80 bits per heavy atom. The smallest absolute Gasteiger partial charge is 0.174 e. The second-order valence-electron chi connectivity index (χ2n) is 4.98. The zero-order valence-electron chi connectivity index (χ0n) is 11.3. The third-order valence-corrected chi connectivity index (χ3v) is 3.58. The Kier molecular flexibility index (Phi) is 3.60. The fraction of sp³-hybridized carbons (Fsp3) is 0.312. The van der Waals surface area contributed by atoms with Gasteiger partial charge >= 0.3 is 0 Å². The van der Waals surface area contributed by atoms with Crippen molar-refractivity contribution >= 4 is 11.6 Å². The Morgan fingerprint density at radius 2 is 2.00 bits per heavy atom. The van der Waals surface area contributed by atoms with Crippen molar-refractivity contribution in [3.8, 4) is 6.07 Å². The average Bonchev–Trinajstić information content (AvgIpc) is 2.74. The molecule has 1 aromatic heterocycles. The van der Waals surface area contributed by atoms with E-state index in [9.17, 15) is 5.26 Å². The van der Waals surface area contributed by atoms with Crippen LogP contribution in [0.3, 0.4) is 0 Å². The van der Waals surface area contributed by atoms with Crippen molar-refractivity contribution < 1.29 is 0 Å². The van der Waals surface area contributed by atoms with Crippen LogP contribution in [0.15, 0.2) is 30.3 Å². The Balaban J connectivity index is 2.01. The van der Waals surface area contributed by atoms with Gasteiger partial charge in [-0.05, 0) is 24.5 Å². The minimum absolute atomic E-state index is 0.580. The lowest BCUT2D eigenvalue weighted by Gasteiger charge is -2.05. The van der Waals surface area contributed by atoms with Crippen LogP contribution in [0.25, 0.3) is 11.6 Å². The number of nitrogens with zero attached hydrogens (tertiary/aromatic N) is 4. The summed E-state index contributed by atoms with van der Waals surface area (Å²) in [6, 6.07) is 12.1. The number of nitriles is 1. The molecule has 4 heteroatoms. The molecule has 1 aliphatic heterocycles. The molecule has 0 amide bonds. The molecule has 0 bridgehead atoms. The van der Waals surface area contributed by atoms with Crippen LogP contribution in [-0.2, 0) is 13.0 Å². The van der Waals surface area contributed by atoms with E-state index in [1.807, 2.05) is 36.4 Å². The molecule has 100 valence electrons. The highest BCUT2D eigenvalue weighted by Gasteiger charge is 2.17. The third kappa shape index (κ3) is 2.48. The first-order chi connectivity index (χ1) is 9.88. The van der Waals surface area contributed by atoms with E-state index in [4.69, 9.17) is 0 Å². The summed E-state index contributed by atoms with van der Waals surface area (Å²) in [4.78, 5) is 0. The number of benzene rings is 1. The zero-order chi connectivity index (χ0) is 13.8. The highest BCUT2D eigenvalue weighted by Crippen LogP contribution is 2.21. The highest BCUT2D eigenvalue weighted by atomic mass is 15.3. The Morgan fingerprint density at radius 1 is 1.15 bits per heavy atom. The van der Waals surface area contributed by atoms with Gasteiger partial charge in [0.1, 0.15) is 11.9 Å². The van der Waals surface area contributed by atoms with Crippen molar-refractivity contribution in [1.82, 2.24) is 14.8 Å². The molecule has 0 saturated carbocycles. The van der Waals surface area contributed by atoms with Crippen molar-refractivity contribution in [2.75, 3.05) is 0 Å². The van der Waals surface area contributed by atoms with Crippen LogP contribution in [0.5, 0.6) is 0 Å². The molecule has 0 N–H and O–H groups in total. The fourth-order valence-corrected chi connectivity index (χ4v) is 2.55. The van der Waals surface area contributed by atoms with Crippen molar-refractivity contribution in [2.24, 2.45) is 0 Å². The Hall–Kier alpha value is -2.41. The summed E-state index contributed by atoms with van der Waals surface area (Å²) in [5, 5.41) is 17.9. The summed E-state index contributed by atoms with van der Waals surface area (Å²) < 4.78 is 2.10. The molecule has 0 radical (unpaired) electrons. The van der Waals surface area contributed by atoms with Crippen LogP contribution in [0.1, 0.15) is 36.5 Å². The van der Waals surface area contributed by atoms with E-state index in [1.165, 1.54) is 6.42 Å². The van der Waals surface area contributed by atoms with E-state index in [0.717, 1.165) is 37.2 Å². The molecular formula is C16H16N4. The molecule has 0 saturated heterocycles. The first-order valence-electron chi connectivity index (χ1n) is 6.98. The molecule has 0 spiro atoms. The largest absolute Gasteiger partial charge is 0.310 e. The summed E-state index contributed by atoms with van der Waals surface area (Å²) in [6.45, 7) is 0.908. The number of fused-ring (bicyclic) bond motifs is 1. The molecule has 1 aliphatic rings. The number of hydrogen-bond acceptors (Lipinski definition) is 3. The molecule has 0 fully saturated rings. The van der Waals surface area contributed by atoms with Crippen molar-refractivity contribution in [1.29, 1.82) is 5.26 Å². The number of hydrogen-bond donors (Lipinski definition) is 0. The average molecular weight is 264 g/mol. The summed E-state index contributed by atoms with van der Waals surface area (Å²) in [7, 11) is 0. The number of aryl methyl sites for hydroxylation is 1. The maximum atomic E-state index is 9.43. The van der Waals surface area contributed by atoms with E-state index in [0.29, 0.717) is 11.4 Å². The first-order valence-corrected chi connectivity index (χ1v) is 6.98. The topological polar surface area (TPSA) is 54.5 Å².